The third-order valence-corrected chi connectivity index (χ3v) is 2.59. The lowest BCUT2D eigenvalue weighted by Crippen LogP contribution is -2.14. The first-order valence-corrected chi connectivity index (χ1v) is 5.22. The van der Waals surface area contributed by atoms with Crippen LogP contribution in [0.2, 0.25) is 0 Å². The molecule has 15 heavy (non-hydrogen) atoms. The van der Waals surface area contributed by atoms with Crippen LogP contribution in [0.25, 0.3) is 11.0 Å². The summed E-state index contributed by atoms with van der Waals surface area (Å²) < 4.78 is 1.69. The molecule has 2 aromatic rings. The van der Waals surface area contributed by atoms with Gasteiger partial charge in [0.25, 0.3) is 0 Å². The fourth-order valence-electron chi connectivity index (χ4n) is 1.70. The molecule has 0 amide bonds. The van der Waals surface area contributed by atoms with Crippen LogP contribution in [0.3, 0.4) is 0 Å². The second-order valence-corrected chi connectivity index (χ2v) is 3.96. The van der Waals surface area contributed by atoms with Gasteiger partial charge in [-0.3, -0.25) is 9.55 Å². The van der Waals surface area contributed by atoms with Crippen molar-refractivity contribution in [2.75, 3.05) is 0 Å². The van der Waals surface area contributed by atoms with E-state index in [0.717, 1.165) is 16.7 Å². The molecule has 0 radical (unpaired) electrons. The summed E-state index contributed by atoms with van der Waals surface area (Å²) in [5, 5.41) is 0. The molecule has 0 unspecified atom stereocenters. The number of hydrogen-bond acceptors (Lipinski definition) is 2. The molecule has 2 aromatic heterocycles. The number of nitrogens with one attached hydrogen (secondary N) is 1. The zero-order chi connectivity index (χ0) is 11.0. The minimum Gasteiger partial charge on any atom is -0.305 e. The number of hydrogen-bond donors (Lipinski definition) is 1. The first-order chi connectivity index (χ1) is 7.13. The smallest absolute Gasteiger partial charge is 0.305 e. The Hall–Kier alpha value is -1.58. The first-order valence-electron chi connectivity index (χ1n) is 5.22. The van der Waals surface area contributed by atoms with E-state index >= 15 is 0 Å². The lowest BCUT2D eigenvalue weighted by Gasteiger charge is -2.03. The molecule has 4 nitrogen and oxygen atoms in total. The molecule has 0 fully saturated rings. The predicted molar refractivity (Wildman–Crippen MR) is 60.1 cm³/mol. The van der Waals surface area contributed by atoms with Crippen LogP contribution in [-0.2, 0) is 6.54 Å². The zero-order valence-electron chi connectivity index (χ0n) is 9.24. The molecule has 80 valence electrons. The molecule has 4 heteroatoms. The summed E-state index contributed by atoms with van der Waals surface area (Å²) in [6, 6.07) is 1.95. The van der Waals surface area contributed by atoms with Crippen molar-refractivity contribution in [2.24, 2.45) is 0 Å². The summed E-state index contributed by atoms with van der Waals surface area (Å²) in [4.78, 5) is 18.7. The van der Waals surface area contributed by atoms with Crippen LogP contribution in [0.15, 0.2) is 17.1 Å². The number of aryl methyl sites for hydroxylation is 1. The van der Waals surface area contributed by atoms with Gasteiger partial charge in [0.1, 0.15) is 0 Å². The highest BCUT2D eigenvalue weighted by Gasteiger charge is 2.07. The molecule has 0 saturated carbocycles. The molecule has 2 rings (SSSR count). The summed E-state index contributed by atoms with van der Waals surface area (Å²) in [5.74, 6) is 0.378. The Morgan fingerprint density at radius 3 is 2.87 bits per heavy atom. The van der Waals surface area contributed by atoms with Crippen molar-refractivity contribution in [1.82, 2.24) is 14.5 Å². The largest absolute Gasteiger partial charge is 0.326 e. The molecule has 0 atom stereocenters. The Kier molecular flexibility index (Phi) is 2.34. The van der Waals surface area contributed by atoms with E-state index in [1.807, 2.05) is 13.0 Å². The van der Waals surface area contributed by atoms with E-state index in [1.165, 1.54) is 0 Å². The summed E-state index contributed by atoms with van der Waals surface area (Å²) in [6.07, 6.45) is 1.77. The van der Waals surface area contributed by atoms with Gasteiger partial charge in [-0.25, -0.2) is 4.79 Å². The Bertz CT molecular complexity index is 536. The highest BCUT2D eigenvalue weighted by molar-refractivity contribution is 5.74. The second-order valence-electron chi connectivity index (χ2n) is 3.96. The van der Waals surface area contributed by atoms with Gasteiger partial charge in [-0.05, 0) is 18.9 Å². The maximum absolute atomic E-state index is 11.5. The average molecular weight is 205 g/mol. The average Bonchev–Trinajstić information content (AvgIpc) is 2.51. The summed E-state index contributed by atoms with van der Waals surface area (Å²) >= 11 is 0. The lowest BCUT2D eigenvalue weighted by molar-refractivity contribution is 0.751. The lowest BCUT2D eigenvalue weighted by atomic mass is 10.1. The fraction of sp³-hybridized carbons (Fsp3) is 0.455. The van der Waals surface area contributed by atoms with Crippen LogP contribution < -0.4 is 5.69 Å². The van der Waals surface area contributed by atoms with Crippen molar-refractivity contribution in [3.63, 3.8) is 0 Å². The van der Waals surface area contributed by atoms with E-state index in [9.17, 15) is 4.79 Å². The van der Waals surface area contributed by atoms with Gasteiger partial charge in [-0.1, -0.05) is 13.8 Å². The number of aromatic nitrogens is 3. The number of H-pyrrole nitrogens is 1. The summed E-state index contributed by atoms with van der Waals surface area (Å²) in [5.41, 5.74) is 2.70. The van der Waals surface area contributed by atoms with E-state index in [-0.39, 0.29) is 5.69 Å². The molecule has 0 bridgehead atoms. The highest BCUT2D eigenvalue weighted by atomic mass is 16.1. The van der Waals surface area contributed by atoms with E-state index in [4.69, 9.17) is 0 Å². The van der Waals surface area contributed by atoms with Crippen molar-refractivity contribution in [3.8, 4) is 0 Å². The quantitative estimate of drug-likeness (QED) is 0.813. The van der Waals surface area contributed by atoms with Crippen molar-refractivity contribution in [3.05, 3.63) is 28.4 Å². The van der Waals surface area contributed by atoms with Gasteiger partial charge in [-0.2, -0.15) is 0 Å². The van der Waals surface area contributed by atoms with Crippen LogP contribution in [0.1, 0.15) is 32.4 Å². The minimum absolute atomic E-state index is 0.0600. The number of pyridine rings is 1. The Labute approximate surface area is 88.0 Å². The van der Waals surface area contributed by atoms with Crippen LogP contribution in [0.5, 0.6) is 0 Å². The van der Waals surface area contributed by atoms with Gasteiger partial charge < -0.3 is 4.98 Å². The molecule has 0 spiro atoms. The topological polar surface area (TPSA) is 50.7 Å². The standard InChI is InChI=1S/C11H15N3O/c1-4-14-10-6-12-8(7(2)3)5-9(10)13-11(14)15/h5-7H,4H2,1-3H3,(H,13,15). The van der Waals surface area contributed by atoms with Crippen LogP contribution in [0.4, 0.5) is 0 Å². The van der Waals surface area contributed by atoms with E-state index in [1.54, 1.807) is 10.8 Å². The predicted octanol–water partition coefficient (Wildman–Crippen LogP) is 1.87. The number of imidazole rings is 1. The zero-order valence-corrected chi connectivity index (χ0v) is 9.24. The summed E-state index contributed by atoms with van der Waals surface area (Å²) in [7, 11) is 0. The molecular formula is C11H15N3O. The molecule has 1 N–H and O–H groups in total. The highest BCUT2D eigenvalue weighted by Crippen LogP contribution is 2.16. The van der Waals surface area contributed by atoms with Gasteiger partial charge in [0.15, 0.2) is 0 Å². The number of fused-ring (bicyclic) bond motifs is 1. The number of nitrogens with zero attached hydrogens (tertiary/aromatic N) is 2. The maximum atomic E-state index is 11.5. The molecular weight excluding hydrogens is 190 g/mol. The van der Waals surface area contributed by atoms with Crippen molar-refractivity contribution < 1.29 is 0 Å². The minimum atomic E-state index is -0.0600. The van der Waals surface area contributed by atoms with E-state index in [0.29, 0.717) is 12.5 Å². The molecule has 0 aliphatic carbocycles. The SMILES string of the molecule is CCn1c(=O)[nH]c2cc(C(C)C)ncc21. The Morgan fingerprint density at radius 2 is 2.27 bits per heavy atom. The maximum Gasteiger partial charge on any atom is 0.326 e. The van der Waals surface area contributed by atoms with Gasteiger partial charge in [0.2, 0.25) is 0 Å². The van der Waals surface area contributed by atoms with Crippen LogP contribution in [0, 0.1) is 0 Å². The first kappa shape index (κ1) is 9.96. The van der Waals surface area contributed by atoms with E-state index in [2.05, 4.69) is 23.8 Å². The van der Waals surface area contributed by atoms with Gasteiger partial charge in [-0.15, -0.1) is 0 Å². The normalized spacial score (nSPS) is 11.5. The third kappa shape index (κ3) is 1.56. The third-order valence-electron chi connectivity index (χ3n) is 2.59. The van der Waals surface area contributed by atoms with Crippen molar-refractivity contribution >= 4 is 11.0 Å². The van der Waals surface area contributed by atoms with Crippen molar-refractivity contribution in [1.29, 1.82) is 0 Å². The molecule has 0 aliphatic heterocycles. The van der Waals surface area contributed by atoms with Crippen molar-refractivity contribution in [2.45, 2.75) is 33.2 Å². The fourth-order valence-corrected chi connectivity index (χ4v) is 1.70. The second kappa shape index (κ2) is 3.53. The number of rotatable bonds is 2. The molecule has 0 aliphatic rings. The Balaban J connectivity index is 2.70. The molecule has 0 aromatic carbocycles. The molecule has 0 saturated heterocycles. The van der Waals surface area contributed by atoms with Crippen LogP contribution >= 0.6 is 0 Å². The number of aromatic amines is 1. The van der Waals surface area contributed by atoms with Crippen LogP contribution in [-0.4, -0.2) is 14.5 Å². The Morgan fingerprint density at radius 1 is 1.53 bits per heavy atom. The molecule has 2 heterocycles. The van der Waals surface area contributed by atoms with Gasteiger partial charge >= 0.3 is 5.69 Å². The van der Waals surface area contributed by atoms with Gasteiger partial charge in [0, 0.05) is 12.2 Å². The van der Waals surface area contributed by atoms with Gasteiger partial charge in [0.05, 0.1) is 17.2 Å². The van der Waals surface area contributed by atoms with E-state index < -0.39 is 0 Å². The monoisotopic (exact) mass is 205 g/mol. The summed E-state index contributed by atoms with van der Waals surface area (Å²) in [6.45, 7) is 6.79.